The Kier molecular flexibility index (Phi) is 6.90. The van der Waals surface area contributed by atoms with E-state index in [2.05, 4.69) is 10.6 Å². The zero-order chi connectivity index (χ0) is 21.5. The van der Waals surface area contributed by atoms with Crippen molar-refractivity contribution in [3.8, 4) is 11.5 Å². The Labute approximate surface area is 175 Å². The molecule has 1 unspecified atom stereocenters. The molecule has 158 valence electrons. The predicted octanol–water partition coefficient (Wildman–Crippen LogP) is 1.53. The van der Waals surface area contributed by atoms with Crippen LogP contribution in [0.25, 0.3) is 0 Å². The number of hydrogen-bond acceptors (Lipinski definition) is 5. The zero-order valence-corrected chi connectivity index (χ0v) is 17.0. The van der Waals surface area contributed by atoms with Gasteiger partial charge < -0.3 is 20.1 Å². The van der Waals surface area contributed by atoms with Crippen LogP contribution in [0.5, 0.6) is 11.5 Å². The molecule has 3 rings (SSSR count). The normalized spacial score (nSPS) is 15.7. The van der Waals surface area contributed by atoms with Gasteiger partial charge in [-0.2, -0.15) is 0 Å². The number of hydrogen-bond donors (Lipinski definition) is 2. The van der Waals surface area contributed by atoms with Gasteiger partial charge in [-0.15, -0.1) is 0 Å². The molecule has 1 fully saturated rings. The maximum absolute atomic E-state index is 12.5. The van der Waals surface area contributed by atoms with Gasteiger partial charge >= 0.3 is 6.03 Å². The van der Waals surface area contributed by atoms with E-state index in [9.17, 15) is 14.4 Å². The van der Waals surface area contributed by atoms with E-state index in [1.165, 1.54) is 0 Å². The molecule has 8 heteroatoms. The first-order chi connectivity index (χ1) is 14.5. The van der Waals surface area contributed by atoms with Crippen molar-refractivity contribution in [1.29, 1.82) is 0 Å². The van der Waals surface area contributed by atoms with Gasteiger partial charge in [0.15, 0.2) is 11.5 Å². The van der Waals surface area contributed by atoms with Crippen LogP contribution in [-0.2, 0) is 22.4 Å². The second-order valence-corrected chi connectivity index (χ2v) is 6.91. The standard InChI is InChI=1S/C22H25N3O5/c1-29-18-9-8-16(13-19(18)30-2)10-11-23-20(26)14-25-21(27)17(24-22(25)28)12-15-6-4-3-5-7-15/h3-9,13,17H,10-12,14H2,1-2H3,(H,23,26)(H,24,28). The Morgan fingerprint density at radius 2 is 1.77 bits per heavy atom. The van der Waals surface area contributed by atoms with Gasteiger partial charge in [-0.3, -0.25) is 14.5 Å². The molecular formula is C22H25N3O5. The summed E-state index contributed by atoms with van der Waals surface area (Å²) in [5.41, 5.74) is 1.91. The van der Waals surface area contributed by atoms with Crippen LogP contribution in [0.4, 0.5) is 4.79 Å². The van der Waals surface area contributed by atoms with Crippen molar-refractivity contribution in [2.24, 2.45) is 0 Å². The van der Waals surface area contributed by atoms with E-state index < -0.39 is 12.1 Å². The molecule has 2 N–H and O–H groups in total. The van der Waals surface area contributed by atoms with Gasteiger partial charge in [0.05, 0.1) is 14.2 Å². The lowest BCUT2D eigenvalue weighted by Crippen LogP contribution is -2.41. The van der Waals surface area contributed by atoms with Crippen LogP contribution in [0.3, 0.4) is 0 Å². The third-order valence-corrected chi connectivity index (χ3v) is 4.88. The molecule has 2 aromatic rings. The van der Waals surface area contributed by atoms with Crippen molar-refractivity contribution >= 4 is 17.8 Å². The highest BCUT2D eigenvalue weighted by atomic mass is 16.5. The van der Waals surface area contributed by atoms with E-state index in [1.807, 2.05) is 42.5 Å². The van der Waals surface area contributed by atoms with Crippen molar-refractivity contribution in [2.45, 2.75) is 18.9 Å². The first-order valence-electron chi connectivity index (χ1n) is 9.65. The van der Waals surface area contributed by atoms with E-state index in [4.69, 9.17) is 9.47 Å². The Balaban J connectivity index is 1.48. The number of urea groups is 1. The average molecular weight is 411 g/mol. The molecule has 0 aliphatic carbocycles. The van der Waals surface area contributed by atoms with E-state index in [0.29, 0.717) is 30.9 Å². The second-order valence-electron chi connectivity index (χ2n) is 6.91. The SMILES string of the molecule is COc1ccc(CCNC(=O)CN2C(=O)NC(Cc3ccccc3)C2=O)cc1OC. The van der Waals surface area contributed by atoms with Gasteiger partial charge in [0.25, 0.3) is 5.91 Å². The van der Waals surface area contributed by atoms with Crippen LogP contribution >= 0.6 is 0 Å². The van der Waals surface area contributed by atoms with Crippen LogP contribution in [0, 0.1) is 0 Å². The van der Waals surface area contributed by atoms with E-state index in [0.717, 1.165) is 16.0 Å². The molecule has 1 aliphatic heterocycles. The highest BCUT2D eigenvalue weighted by molar-refractivity contribution is 6.06. The number of nitrogens with zero attached hydrogens (tertiary/aromatic N) is 1. The fourth-order valence-corrected chi connectivity index (χ4v) is 3.30. The highest BCUT2D eigenvalue weighted by Gasteiger charge is 2.38. The van der Waals surface area contributed by atoms with Gasteiger partial charge in [0.1, 0.15) is 12.6 Å². The summed E-state index contributed by atoms with van der Waals surface area (Å²) in [6.45, 7) is 0.0628. The summed E-state index contributed by atoms with van der Waals surface area (Å²) in [6.07, 6.45) is 0.964. The van der Waals surface area contributed by atoms with E-state index in [1.54, 1.807) is 20.3 Å². The third-order valence-electron chi connectivity index (χ3n) is 4.88. The summed E-state index contributed by atoms with van der Waals surface area (Å²) >= 11 is 0. The smallest absolute Gasteiger partial charge is 0.325 e. The highest BCUT2D eigenvalue weighted by Crippen LogP contribution is 2.27. The second kappa shape index (κ2) is 9.78. The summed E-state index contributed by atoms with van der Waals surface area (Å²) in [6, 6.07) is 13.8. The molecule has 30 heavy (non-hydrogen) atoms. The Morgan fingerprint density at radius 3 is 2.47 bits per heavy atom. The summed E-state index contributed by atoms with van der Waals surface area (Å²) in [4.78, 5) is 37.9. The summed E-state index contributed by atoms with van der Waals surface area (Å²) in [7, 11) is 3.13. The van der Waals surface area contributed by atoms with E-state index in [-0.39, 0.29) is 18.4 Å². The lowest BCUT2D eigenvalue weighted by atomic mass is 10.1. The molecule has 0 saturated carbocycles. The van der Waals surface area contributed by atoms with E-state index >= 15 is 0 Å². The summed E-state index contributed by atoms with van der Waals surface area (Å²) in [5.74, 6) is 0.470. The number of methoxy groups -OCH3 is 2. The lowest BCUT2D eigenvalue weighted by molar-refractivity contribution is -0.132. The molecule has 1 aliphatic rings. The van der Waals surface area contributed by atoms with Crippen molar-refractivity contribution in [2.75, 3.05) is 27.3 Å². The average Bonchev–Trinajstić information content (AvgIpc) is 3.01. The quantitative estimate of drug-likeness (QED) is 0.610. The first kappa shape index (κ1) is 21.2. The van der Waals surface area contributed by atoms with Crippen molar-refractivity contribution in [3.05, 3.63) is 59.7 Å². The number of rotatable bonds is 9. The minimum atomic E-state index is -0.653. The molecule has 0 bridgehead atoms. The van der Waals surface area contributed by atoms with Crippen LogP contribution in [0.15, 0.2) is 48.5 Å². The maximum Gasteiger partial charge on any atom is 0.325 e. The Bertz CT molecular complexity index is 916. The fourth-order valence-electron chi connectivity index (χ4n) is 3.30. The van der Waals surface area contributed by atoms with Gasteiger partial charge in [0.2, 0.25) is 5.91 Å². The molecule has 1 heterocycles. The van der Waals surface area contributed by atoms with Crippen molar-refractivity contribution in [3.63, 3.8) is 0 Å². The molecule has 0 spiro atoms. The fraction of sp³-hybridized carbons (Fsp3) is 0.318. The van der Waals surface area contributed by atoms with Gasteiger partial charge in [0, 0.05) is 13.0 Å². The number of carbonyl (C=O) groups is 3. The molecule has 1 saturated heterocycles. The summed E-state index contributed by atoms with van der Waals surface area (Å²) < 4.78 is 10.5. The molecule has 0 radical (unpaired) electrons. The minimum absolute atomic E-state index is 0.304. The Hall–Kier alpha value is -3.55. The molecule has 8 nitrogen and oxygen atoms in total. The van der Waals surface area contributed by atoms with Crippen LogP contribution in [0.1, 0.15) is 11.1 Å². The number of nitrogens with one attached hydrogen (secondary N) is 2. The number of imide groups is 1. The maximum atomic E-state index is 12.5. The molecular weight excluding hydrogens is 386 g/mol. The molecule has 2 aromatic carbocycles. The van der Waals surface area contributed by atoms with Crippen LogP contribution in [-0.4, -0.2) is 56.1 Å². The Morgan fingerprint density at radius 1 is 1.03 bits per heavy atom. The molecule has 0 aromatic heterocycles. The van der Waals surface area contributed by atoms with Crippen molar-refractivity contribution in [1.82, 2.24) is 15.5 Å². The largest absolute Gasteiger partial charge is 0.493 e. The monoisotopic (exact) mass is 411 g/mol. The number of carbonyl (C=O) groups excluding carboxylic acids is 3. The number of amides is 4. The zero-order valence-electron chi connectivity index (χ0n) is 17.0. The number of ether oxygens (including phenoxy) is 2. The molecule has 4 amide bonds. The summed E-state index contributed by atoms with van der Waals surface area (Å²) in [5, 5.41) is 5.39. The molecule has 1 atom stereocenters. The first-order valence-corrected chi connectivity index (χ1v) is 9.65. The number of benzene rings is 2. The van der Waals surface area contributed by atoms with Crippen LogP contribution in [0.2, 0.25) is 0 Å². The van der Waals surface area contributed by atoms with Gasteiger partial charge in [-0.25, -0.2) is 4.79 Å². The van der Waals surface area contributed by atoms with Gasteiger partial charge in [-0.05, 0) is 29.7 Å². The minimum Gasteiger partial charge on any atom is -0.493 e. The predicted molar refractivity (Wildman–Crippen MR) is 110 cm³/mol. The van der Waals surface area contributed by atoms with Gasteiger partial charge in [-0.1, -0.05) is 36.4 Å². The van der Waals surface area contributed by atoms with Crippen molar-refractivity contribution < 1.29 is 23.9 Å². The third kappa shape index (κ3) is 5.08. The lowest BCUT2D eigenvalue weighted by Gasteiger charge is -2.13. The van der Waals surface area contributed by atoms with Crippen LogP contribution < -0.4 is 20.1 Å². The topological polar surface area (TPSA) is 97.0 Å².